The maximum Gasteiger partial charge on any atom is 0.138 e. The van der Waals surface area contributed by atoms with E-state index in [0.717, 1.165) is 11.4 Å². The van der Waals surface area contributed by atoms with Gasteiger partial charge in [-0.25, -0.2) is 19.3 Å². The van der Waals surface area contributed by atoms with Crippen LogP contribution < -0.4 is 0 Å². The van der Waals surface area contributed by atoms with Gasteiger partial charge in [-0.2, -0.15) is 10.2 Å². The minimum atomic E-state index is 0. The smallest absolute Gasteiger partial charge is 0.138 e. The molecule has 0 aromatic carbocycles. The van der Waals surface area contributed by atoms with Gasteiger partial charge in [0.15, 0.2) is 0 Å². The van der Waals surface area contributed by atoms with E-state index in [0.29, 0.717) is 0 Å². The summed E-state index contributed by atoms with van der Waals surface area (Å²) in [6.45, 7) is 0. The molecular weight excluding hydrogens is 222 g/mol. The standard InChI is InChI=1S/C9H7N7.H2O/c1-8(15-6-11-4-13-15)2-10-3-9(1)16-7-12-5-14-16;/h1-7H;1H2. The molecule has 0 fully saturated rings. The van der Waals surface area contributed by atoms with E-state index in [1.54, 1.807) is 34.4 Å². The Morgan fingerprint density at radius 2 is 1.29 bits per heavy atom. The Morgan fingerprint density at radius 1 is 0.765 bits per heavy atom. The van der Waals surface area contributed by atoms with Crippen molar-refractivity contribution in [2.75, 3.05) is 0 Å². The summed E-state index contributed by atoms with van der Waals surface area (Å²) < 4.78 is 3.26. The molecule has 86 valence electrons. The molecule has 3 heterocycles. The normalized spacial score (nSPS) is 9.88. The summed E-state index contributed by atoms with van der Waals surface area (Å²) in [5.41, 5.74) is 1.65. The lowest BCUT2D eigenvalue weighted by Gasteiger charge is -2.03. The summed E-state index contributed by atoms with van der Waals surface area (Å²) in [6.07, 6.45) is 9.58. The first-order valence-corrected chi connectivity index (χ1v) is 4.58. The van der Waals surface area contributed by atoms with Crippen molar-refractivity contribution in [3.63, 3.8) is 0 Å². The lowest BCUT2D eigenvalue weighted by molar-refractivity contribution is 0.824. The summed E-state index contributed by atoms with van der Waals surface area (Å²) in [6, 6.07) is 1.90. The fourth-order valence-corrected chi connectivity index (χ4v) is 1.35. The quantitative estimate of drug-likeness (QED) is 0.586. The highest BCUT2D eigenvalue weighted by atomic mass is 16.0. The Hall–Kier alpha value is -2.61. The average molecular weight is 231 g/mol. The monoisotopic (exact) mass is 231 g/mol. The zero-order valence-corrected chi connectivity index (χ0v) is 8.67. The van der Waals surface area contributed by atoms with Crippen molar-refractivity contribution < 1.29 is 5.48 Å². The highest BCUT2D eigenvalue weighted by Crippen LogP contribution is 2.09. The molecule has 8 nitrogen and oxygen atoms in total. The SMILES string of the molecule is O.c1ncn(-c2cncc(-n3cncn3)c2)n1. The Kier molecular flexibility index (Phi) is 2.88. The maximum absolute atomic E-state index is 4.12. The molecule has 8 heteroatoms. The van der Waals surface area contributed by atoms with E-state index >= 15 is 0 Å². The highest BCUT2D eigenvalue weighted by Gasteiger charge is 2.01. The number of hydrogen-bond acceptors (Lipinski definition) is 5. The summed E-state index contributed by atoms with van der Waals surface area (Å²) in [4.78, 5) is 11.9. The molecule has 0 atom stereocenters. The number of nitrogens with zero attached hydrogens (tertiary/aromatic N) is 7. The zero-order chi connectivity index (χ0) is 10.8. The van der Waals surface area contributed by atoms with Gasteiger partial charge >= 0.3 is 0 Å². The van der Waals surface area contributed by atoms with E-state index in [4.69, 9.17) is 0 Å². The van der Waals surface area contributed by atoms with E-state index in [2.05, 4.69) is 25.1 Å². The van der Waals surface area contributed by atoms with Crippen LogP contribution >= 0.6 is 0 Å². The molecule has 0 spiro atoms. The maximum atomic E-state index is 4.12. The minimum Gasteiger partial charge on any atom is -0.412 e. The Labute approximate surface area is 95.9 Å². The predicted octanol–water partition coefficient (Wildman–Crippen LogP) is -0.582. The topological polar surface area (TPSA) is 106 Å². The van der Waals surface area contributed by atoms with Gasteiger partial charge in [-0.3, -0.25) is 4.98 Å². The molecule has 17 heavy (non-hydrogen) atoms. The van der Waals surface area contributed by atoms with Gasteiger partial charge in [0.05, 0.1) is 23.8 Å². The fraction of sp³-hybridized carbons (Fsp3) is 0. The van der Waals surface area contributed by atoms with E-state index in [9.17, 15) is 0 Å². The van der Waals surface area contributed by atoms with Crippen LogP contribution in [0.15, 0.2) is 43.8 Å². The molecule has 0 amide bonds. The summed E-state index contributed by atoms with van der Waals surface area (Å²) in [7, 11) is 0. The van der Waals surface area contributed by atoms with Crippen molar-refractivity contribution in [2.24, 2.45) is 0 Å². The first-order valence-electron chi connectivity index (χ1n) is 4.58. The Bertz CT molecular complexity index is 526. The third-order valence-electron chi connectivity index (χ3n) is 2.08. The van der Waals surface area contributed by atoms with Crippen molar-refractivity contribution >= 4 is 0 Å². The predicted molar refractivity (Wildman–Crippen MR) is 57.7 cm³/mol. The van der Waals surface area contributed by atoms with Crippen LogP contribution in [0.25, 0.3) is 11.4 Å². The van der Waals surface area contributed by atoms with Crippen LogP contribution in [0.4, 0.5) is 0 Å². The highest BCUT2D eigenvalue weighted by molar-refractivity contribution is 5.38. The Morgan fingerprint density at radius 3 is 1.71 bits per heavy atom. The second-order valence-electron chi connectivity index (χ2n) is 3.08. The molecular formula is C9H9N7O. The van der Waals surface area contributed by atoms with Crippen LogP contribution in [0.1, 0.15) is 0 Å². The molecule has 0 radical (unpaired) electrons. The Balaban J connectivity index is 0.00000108. The van der Waals surface area contributed by atoms with Crippen molar-refractivity contribution in [1.82, 2.24) is 34.5 Å². The first kappa shape index (κ1) is 10.9. The second-order valence-corrected chi connectivity index (χ2v) is 3.08. The first-order chi connectivity index (χ1) is 7.93. The third-order valence-corrected chi connectivity index (χ3v) is 2.08. The fourth-order valence-electron chi connectivity index (χ4n) is 1.35. The molecule has 0 aliphatic carbocycles. The molecule has 0 aliphatic heterocycles. The van der Waals surface area contributed by atoms with Gasteiger partial charge in [-0.15, -0.1) is 0 Å². The molecule has 0 unspecified atom stereocenters. The number of aromatic nitrogens is 7. The van der Waals surface area contributed by atoms with Gasteiger partial charge in [-0.05, 0) is 6.07 Å². The van der Waals surface area contributed by atoms with E-state index in [1.165, 1.54) is 12.7 Å². The molecule has 3 rings (SSSR count). The summed E-state index contributed by atoms with van der Waals surface area (Å²) >= 11 is 0. The van der Waals surface area contributed by atoms with Crippen molar-refractivity contribution in [3.8, 4) is 11.4 Å². The molecule has 0 bridgehead atoms. The van der Waals surface area contributed by atoms with E-state index < -0.39 is 0 Å². The lowest BCUT2D eigenvalue weighted by Crippen LogP contribution is -2.00. The average Bonchev–Trinajstić information content (AvgIpc) is 3.03. The second kappa shape index (κ2) is 4.49. The number of hydrogen-bond donors (Lipinski definition) is 0. The molecule has 0 saturated carbocycles. The van der Waals surface area contributed by atoms with Gasteiger partial charge in [-0.1, -0.05) is 0 Å². The number of pyridine rings is 1. The van der Waals surface area contributed by atoms with Crippen molar-refractivity contribution in [1.29, 1.82) is 0 Å². The van der Waals surface area contributed by atoms with Gasteiger partial charge in [0.1, 0.15) is 25.3 Å². The van der Waals surface area contributed by atoms with Crippen LogP contribution in [-0.2, 0) is 0 Å². The van der Waals surface area contributed by atoms with Gasteiger partial charge in [0.2, 0.25) is 0 Å². The van der Waals surface area contributed by atoms with Crippen LogP contribution in [-0.4, -0.2) is 40.0 Å². The van der Waals surface area contributed by atoms with Crippen LogP contribution in [0.5, 0.6) is 0 Å². The molecule has 0 saturated heterocycles. The van der Waals surface area contributed by atoms with Gasteiger partial charge < -0.3 is 5.48 Å². The van der Waals surface area contributed by atoms with Crippen LogP contribution in [0.2, 0.25) is 0 Å². The van der Waals surface area contributed by atoms with Gasteiger partial charge in [0, 0.05) is 0 Å². The largest absolute Gasteiger partial charge is 0.412 e. The molecule has 3 aromatic rings. The molecule has 3 aromatic heterocycles. The van der Waals surface area contributed by atoms with Crippen molar-refractivity contribution in [2.45, 2.75) is 0 Å². The third kappa shape index (κ3) is 2.01. The van der Waals surface area contributed by atoms with E-state index in [1.807, 2.05) is 6.07 Å². The number of rotatable bonds is 2. The molecule has 2 N–H and O–H groups in total. The van der Waals surface area contributed by atoms with E-state index in [-0.39, 0.29) is 5.48 Å². The summed E-state index contributed by atoms with van der Waals surface area (Å²) in [5.74, 6) is 0. The zero-order valence-electron chi connectivity index (χ0n) is 8.67. The summed E-state index contributed by atoms with van der Waals surface area (Å²) in [5, 5.41) is 8.06. The van der Waals surface area contributed by atoms with Gasteiger partial charge in [0.25, 0.3) is 0 Å². The van der Waals surface area contributed by atoms with Crippen LogP contribution in [0.3, 0.4) is 0 Å². The molecule has 0 aliphatic rings. The van der Waals surface area contributed by atoms with Crippen LogP contribution in [0, 0.1) is 0 Å². The minimum absolute atomic E-state index is 0. The lowest BCUT2D eigenvalue weighted by atomic mass is 10.4. The van der Waals surface area contributed by atoms with Crippen molar-refractivity contribution in [3.05, 3.63) is 43.8 Å².